The predicted molar refractivity (Wildman–Crippen MR) is 129 cm³/mol. The Morgan fingerprint density at radius 3 is 2.73 bits per heavy atom. The van der Waals surface area contributed by atoms with Crippen LogP contribution in [0.25, 0.3) is 10.9 Å². The van der Waals surface area contributed by atoms with Crippen molar-refractivity contribution in [1.29, 1.82) is 0 Å². The van der Waals surface area contributed by atoms with Crippen molar-refractivity contribution in [2.24, 2.45) is 0 Å². The lowest BCUT2D eigenvalue weighted by atomic mass is 10.1. The van der Waals surface area contributed by atoms with Crippen molar-refractivity contribution in [3.63, 3.8) is 0 Å². The number of hydrogen-bond acceptors (Lipinski definition) is 5. The number of hydrogen-bond donors (Lipinski definition) is 0. The lowest BCUT2D eigenvalue weighted by Crippen LogP contribution is -2.38. The van der Waals surface area contributed by atoms with Crippen LogP contribution < -0.4 is 5.56 Å². The van der Waals surface area contributed by atoms with E-state index in [-0.39, 0.29) is 18.0 Å². The van der Waals surface area contributed by atoms with Gasteiger partial charge in [0.25, 0.3) is 11.5 Å². The van der Waals surface area contributed by atoms with E-state index in [0.717, 1.165) is 4.47 Å². The molecule has 1 unspecified atom stereocenters. The molecule has 33 heavy (non-hydrogen) atoms. The molecule has 0 aliphatic heterocycles. The average molecular weight is 510 g/mol. The Hall–Kier alpha value is -3.23. The van der Waals surface area contributed by atoms with Gasteiger partial charge in [-0.25, -0.2) is 4.98 Å². The highest BCUT2D eigenvalue weighted by Gasteiger charge is 2.28. The van der Waals surface area contributed by atoms with Crippen molar-refractivity contribution >= 4 is 32.7 Å². The minimum absolute atomic E-state index is 0.160. The Kier molecular flexibility index (Phi) is 7.05. The quantitative estimate of drug-likeness (QED) is 0.340. The number of carbonyl (C=O) groups excluding carboxylic acids is 1. The summed E-state index contributed by atoms with van der Waals surface area (Å²) in [5.74, 6) is 0.934. The number of furan rings is 1. The van der Waals surface area contributed by atoms with E-state index in [4.69, 9.17) is 14.1 Å². The normalized spacial score (nSPS) is 12.1. The Labute approximate surface area is 199 Å². The van der Waals surface area contributed by atoms with Crippen molar-refractivity contribution in [3.8, 4) is 0 Å². The van der Waals surface area contributed by atoms with Crippen molar-refractivity contribution in [2.45, 2.75) is 26.1 Å². The number of fused-ring (bicyclic) bond motifs is 1. The average Bonchev–Trinajstić information content (AvgIpc) is 3.34. The SMILES string of the molecule is COCCn1c(C(C)N(Cc2ccco2)C(=O)c2cccc(Br)c2)nc2ccccc2c1=O. The van der Waals surface area contributed by atoms with Gasteiger partial charge in [-0.3, -0.25) is 14.2 Å². The number of para-hydroxylation sites is 1. The van der Waals surface area contributed by atoms with Crippen LogP contribution in [-0.4, -0.2) is 34.1 Å². The number of rotatable bonds is 8. The summed E-state index contributed by atoms with van der Waals surface area (Å²) in [7, 11) is 1.59. The van der Waals surface area contributed by atoms with E-state index in [9.17, 15) is 9.59 Å². The van der Waals surface area contributed by atoms with E-state index in [1.807, 2.05) is 37.3 Å². The predicted octanol–water partition coefficient (Wildman–Crippen LogP) is 4.80. The van der Waals surface area contributed by atoms with Crippen LogP contribution in [-0.2, 0) is 17.8 Å². The zero-order valence-corrected chi connectivity index (χ0v) is 20.0. The van der Waals surface area contributed by atoms with E-state index in [2.05, 4.69) is 15.9 Å². The lowest BCUT2D eigenvalue weighted by Gasteiger charge is -2.30. The zero-order chi connectivity index (χ0) is 23.4. The van der Waals surface area contributed by atoms with Crippen molar-refractivity contribution in [3.05, 3.63) is 98.9 Å². The summed E-state index contributed by atoms with van der Waals surface area (Å²) in [6.45, 7) is 2.77. The molecule has 0 aliphatic rings. The lowest BCUT2D eigenvalue weighted by molar-refractivity contribution is 0.0644. The molecule has 4 rings (SSSR count). The van der Waals surface area contributed by atoms with Crippen molar-refractivity contribution in [2.75, 3.05) is 13.7 Å². The molecule has 7 nitrogen and oxygen atoms in total. The van der Waals surface area contributed by atoms with Gasteiger partial charge in [0.2, 0.25) is 0 Å². The number of nitrogens with zero attached hydrogens (tertiary/aromatic N) is 3. The fourth-order valence-corrected chi connectivity index (χ4v) is 4.18. The van der Waals surface area contributed by atoms with Gasteiger partial charge >= 0.3 is 0 Å². The fraction of sp³-hybridized carbons (Fsp3) is 0.240. The van der Waals surface area contributed by atoms with Gasteiger partial charge in [-0.05, 0) is 49.4 Å². The summed E-state index contributed by atoms with van der Waals surface area (Å²) in [6, 6.07) is 17.5. The third-order valence-electron chi connectivity index (χ3n) is 5.49. The van der Waals surface area contributed by atoms with Gasteiger partial charge in [0, 0.05) is 17.1 Å². The maximum Gasteiger partial charge on any atom is 0.261 e. The van der Waals surface area contributed by atoms with Gasteiger partial charge in [-0.15, -0.1) is 0 Å². The van der Waals surface area contributed by atoms with E-state index in [1.54, 1.807) is 53.2 Å². The minimum Gasteiger partial charge on any atom is -0.467 e. The number of ether oxygens (including phenoxy) is 1. The second-order valence-corrected chi connectivity index (χ2v) is 8.55. The summed E-state index contributed by atoms with van der Waals surface area (Å²) in [4.78, 5) is 33.4. The molecule has 8 heteroatoms. The molecule has 2 aromatic heterocycles. The molecule has 2 heterocycles. The van der Waals surface area contributed by atoms with Crippen LogP contribution in [0.5, 0.6) is 0 Å². The van der Waals surface area contributed by atoms with Gasteiger partial charge in [-0.2, -0.15) is 0 Å². The van der Waals surface area contributed by atoms with Gasteiger partial charge in [0.15, 0.2) is 0 Å². The van der Waals surface area contributed by atoms with Gasteiger partial charge in [-0.1, -0.05) is 34.1 Å². The fourth-order valence-electron chi connectivity index (χ4n) is 3.78. The Morgan fingerprint density at radius 1 is 1.18 bits per heavy atom. The highest BCUT2D eigenvalue weighted by molar-refractivity contribution is 9.10. The Balaban J connectivity index is 1.83. The molecule has 4 aromatic rings. The summed E-state index contributed by atoms with van der Waals surface area (Å²) in [5.41, 5.74) is 0.951. The topological polar surface area (TPSA) is 77.6 Å². The summed E-state index contributed by atoms with van der Waals surface area (Å²) in [5, 5.41) is 0.528. The molecule has 170 valence electrons. The molecule has 2 aromatic carbocycles. The number of aromatic nitrogens is 2. The number of methoxy groups -OCH3 is 1. The first-order valence-electron chi connectivity index (χ1n) is 10.6. The van der Waals surface area contributed by atoms with Crippen LogP contribution in [0.15, 0.2) is 80.6 Å². The summed E-state index contributed by atoms with van der Waals surface area (Å²) in [6.07, 6.45) is 1.57. The number of carbonyl (C=O) groups is 1. The van der Waals surface area contributed by atoms with E-state index >= 15 is 0 Å². The van der Waals surface area contributed by atoms with Crippen molar-refractivity contribution in [1.82, 2.24) is 14.5 Å². The molecule has 0 radical (unpaired) electrons. The Bertz CT molecular complexity index is 1320. The van der Waals surface area contributed by atoms with Crippen LogP contribution in [0.4, 0.5) is 0 Å². The number of halogens is 1. The Morgan fingerprint density at radius 2 is 2.00 bits per heavy atom. The van der Waals surface area contributed by atoms with Crippen LogP contribution in [0.2, 0.25) is 0 Å². The van der Waals surface area contributed by atoms with E-state index in [1.165, 1.54) is 0 Å². The van der Waals surface area contributed by atoms with Gasteiger partial charge < -0.3 is 14.1 Å². The van der Waals surface area contributed by atoms with Crippen LogP contribution in [0.3, 0.4) is 0 Å². The summed E-state index contributed by atoms with van der Waals surface area (Å²) < 4.78 is 13.2. The molecule has 1 amide bonds. The van der Waals surface area contributed by atoms with E-state index in [0.29, 0.717) is 41.2 Å². The van der Waals surface area contributed by atoms with Crippen LogP contribution in [0, 0.1) is 0 Å². The highest BCUT2D eigenvalue weighted by atomic mass is 79.9. The molecule has 0 spiro atoms. The molecular weight excluding hydrogens is 486 g/mol. The standard InChI is InChI=1S/C25H24BrN3O4/c1-17(23-27-22-11-4-3-10-21(22)25(31)28(23)12-14-32-2)29(16-20-9-6-13-33-20)24(30)18-7-5-8-19(26)15-18/h3-11,13,15,17H,12,14,16H2,1-2H3. The third-order valence-corrected chi connectivity index (χ3v) is 5.98. The molecule has 0 saturated heterocycles. The van der Waals surface area contributed by atoms with Gasteiger partial charge in [0.1, 0.15) is 11.6 Å². The molecular formula is C25H24BrN3O4. The maximum atomic E-state index is 13.6. The zero-order valence-electron chi connectivity index (χ0n) is 18.4. The van der Waals surface area contributed by atoms with Gasteiger partial charge in [0.05, 0.1) is 42.9 Å². The van der Waals surface area contributed by atoms with Crippen molar-refractivity contribution < 1.29 is 13.9 Å². The smallest absolute Gasteiger partial charge is 0.261 e. The molecule has 0 fully saturated rings. The van der Waals surface area contributed by atoms with Crippen LogP contribution >= 0.6 is 15.9 Å². The number of amides is 1. The second kappa shape index (κ2) is 10.1. The first kappa shape index (κ1) is 22.9. The molecule has 0 saturated carbocycles. The highest BCUT2D eigenvalue weighted by Crippen LogP contribution is 2.25. The molecule has 0 aliphatic carbocycles. The first-order valence-corrected chi connectivity index (χ1v) is 11.4. The first-order chi connectivity index (χ1) is 16.0. The number of benzene rings is 2. The van der Waals surface area contributed by atoms with Crippen LogP contribution in [0.1, 0.15) is 34.9 Å². The molecule has 0 N–H and O–H groups in total. The molecule has 0 bridgehead atoms. The third kappa shape index (κ3) is 4.91. The maximum absolute atomic E-state index is 13.6. The second-order valence-electron chi connectivity index (χ2n) is 7.64. The minimum atomic E-state index is -0.518. The monoisotopic (exact) mass is 509 g/mol. The largest absolute Gasteiger partial charge is 0.467 e. The van der Waals surface area contributed by atoms with E-state index < -0.39 is 6.04 Å². The molecule has 1 atom stereocenters. The summed E-state index contributed by atoms with van der Waals surface area (Å²) >= 11 is 3.44.